The fraction of sp³-hybridized carbons (Fsp3) is 0.200. The van der Waals surface area contributed by atoms with Gasteiger partial charge in [0.05, 0.1) is 5.56 Å². The number of nitrogens with zero attached hydrogens (tertiary/aromatic N) is 1. The molecule has 1 unspecified atom stereocenters. The minimum absolute atomic E-state index is 0.0668. The van der Waals surface area contributed by atoms with Gasteiger partial charge in [-0.1, -0.05) is 30.3 Å². The van der Waals surface area contributed by atoms with E-state index in [0.29, 0.717) is 11.5 Å². The van der Waals surface area contributed by atoms with Crippen LogP contribution in [0.25, 0.3) is 0 Å². The topological polar surface area (TPSA) is 62.2 Å². The number of benzene rings is 1. The van der Waals surface area contributed by atoms with Crippen LogP contribution in [0, 0.1) is 6.92 Å². The molecule has 2 rings (SSSR count). The Kier molecular flexibility index (Phi) is 3.80. The van der Waals surface area contributed by atoms with Crippen LogP contribution < -0.4 is 5.32 Å². The summed E-state index contributed by atoms with van der Waals surface area (Å²) in [5.41, 5.74) is 2.06. The Balaban J connectivity index is 2.21. The highest BCUT2D eigenvalue weighted by Gasteiger charge is 2.09. The molecule has 4 nitrogen and oxygen atoms in total. The summed E-state index contributed by atoms with van der Waals surface area (Å²) in [4.78, 5) is 15.3. The van der Waals surface area contributed by atoms with E-state index in [1.54, 1.807) is 19.1 Å². The van der Waals surface area contributed by atoms with Crippen molar-refractivity contribution in [1.82, 2.24) is 4.98 Å². The molecular formula is C15H16N2O2. The molecule has 2 aromatic rings. The molecule has 0 aliphatic rings. The lowest BCUT2D eigenvalue weighted by Gasteiger charge is -2.15. The first-order valence-electron chi connectivity index (χ1n) is 6.10. The van der Waals surface area contributed by atoms with Crippen molar-refractivity contribution in [2.45, 2.75) is 19.9 Å². The Hall–Kier alpha value is -2.36. The van der Waals surface area contributed by atoms with Crippen molar-refractivity contribution in [3.63, 3.8) is 0 Å². The summed E-state index contributed by atoms with van der Waals surface area (Å²) >= 11 is 0. The van der Waals surface area contributed by atoms with Crippen LogP contribution in [0.1, 0.15) is 34.6 Å². The molecule has 1 aromatic heterocycles. The van der Waals surface area contributed by atoms with E-state index in [-0.39, 0.29) is 11.6 Å². The number of hydrogen-bond acceptors (Lipinski definition) is 3. The van der Waals surface area contributed by atoms with Crippen molar-refractivity contribution in [2.24, 2.45) is 0 Å². The molecule has 0 radical (unpaired) electrons. The van der Waals surface area contributed by atoms with Crippen molar-refractivity contribution >= 4 is 11.8 Å². The number of carboxylic acids is 1. The minimum atomic E-state index is -0.944. The standard InChI is InChI=1S/C15H16N2O2/c1-10-8-13(15(18)19)9-14(16-10)17-11(2)12-6-4-3-5-7-12/h3-9,11H,1-2H3,(H,16,17)(H,18,19). The largest absolute Gasteiger partial charge is 0.478 e. The van der Waals surface area contributed by atoms with Gasteiger partial charge in [-0.05, 0) is 31.5 Å². The number of hydrogen-bond donors (Lipinski definition) is 2. The third-order valence-electron chi connectivity index (χ3n) is 2.86. The molecule has 98 valence electrons. The van der Waals surface area contributed by atoms with E-state index in [9.17, 15) is 4.79 Å². The van der Waals surface area contributed by atoms with E-state index >= 15 is 0 Å². The highest BCUT2D eigenvalue weighted by Crippen LogP contribution is 2.19. The van der Waals surface area contributed by atoms with Crippen molar-refractivity contribution in [2.75, 3.05) is 5.32 Å². The number of rotatable bonds is 4. The molecule has 19 heavy (non-hydrogen) atoms. The number of aromatic carboxylic acids is 1. The van der Waals surface area contributed by atoms with E-state index in [2.05, 4.69) is 10.3 Å². The second-order valence-electron chi connectivity index (χ2n) is 4.46. The fourth-order valence-electron chi connectivity index (χ4n) is 1.91. The zero-order chi connectivity index (χ0) is 13.8. The van der Waals surface area contributed by atoms with E-state index in [4.69, 9.17) is 5.11 Å². The highest BCUT2D eigenvalue weighted by molar-refractivity contribution is 5.88. The van der Waals surface area contributed by atoms with Crippen LogP contribution in [-0.4, -0.2) is 16.1 Å². The first-order valence-corrected chi connectivity index (χ1v) is 6.10. The molecule has 1 atom stereocenters. The number of carboxylic acid groups (broad SMARTS) is 1. The maximum absolute atomic E-state index is 11.0. The Morgan fingerprint density at radius 3 is 2.58 bits per heavy atom. The highest BCUT2D eigenvalue weighted by atomic mass is 16.4. The van der Waals surface area contributed by atoms with Crippen LogP contribution in [0.2, 0.25) is 0 Å². The van der Waals surface area contributed by atoms with Gasteiger partial charge >= 0.3 is 5.97 Å². The van der Waals surface area contributed by atoms with Crippen LogP contribution in [0.4, 0.5) is 5.82 Å². The maximum atomic E-state index is 11.0. The molecule has 0 bridgehead atoms. The van der Waals surface area contributed by atoms with Crippen LogP contribution in [-0.2, 0) is 0 Å². The average molecular weight is 256 g/mol. The molecule has 2 N–H and O–H groups in total. The quantitative estimate of drug-likeness (QED) is 0.881. The predicted octanol–water partition coefficient (Wildman–Crippen LogP) is 3.26. The minimum Gasteiger partial charge on any atom is -0.478 e. The number of nitrogens with one attached hydrogen (secondary N) is 1. The van der Waals surface area contributed by atoms with Crippen LogP contribution in [0.3, 0.4) is 0 Å². The molecule has 4 heteroatoms. The normalized spacial score (nSPS) is 11.9. The van der Waals surface area contributed by atoms with Gasteiger partial charge in [0.25, 0.3) is 0 Å². The van der Waals surface area contributed by atoms with E-state index in [0.717, 1.165) is 5.56 Å². The summed E-state index contributed by atoms with van der Waals surface area (Å²) in [5, 5.41) is 12.2. The van der Waals surface area contributed by atoms with E-state index in [1.807, 2.05) is 37.3 Å². The molecule has 0 saturated carbocycles. The predicted molar refractivity (Wildman–Crippen MR) is 74.4 cm³/mol. The summed E-state index contributed by atoms with van der Waals surface area (Å²) in [5.74, 6) is -0.366. The van der Waals surface area contributed by atoms with Crippen LogP contribution in [0.15, 0.2) is 42.5 Å². The first kappa shape index (κ1) is 13.1. The van der Waals surface area contributed by atoms with Gasteiger partial charge in [-0.15, -0.1) is 0 Å². The maximum Gasteiger partial charge on any atom is 0.335 e. The first-order chi connectivity index (χ1) is 9.06. The second-order valence-corrected chi connectivity index (χ2v) is 4.46. The van der Waals surface area contributed by atoms with Crippen molar-refractivity contribution in [3.8, 4) is 0 Å². The third-order valence-corrected chi connectivity index (χ3v) is 2.86. The monoisotopic (exact) mass is 256 g/mol. The zero-order valence-electron chi connectivity index (χ0n) is 10.9. The van der Waals surface area contributed by atoms with Crippen LogP contribution in [0.5, 0.6) is 0 Å². The zero-order valence-corrected chi connectivity index (χ0v) is 10.9. The molecule has 0 amide bonds. The molecule has 1 aromatic carbocycles. The summed E-state index contributed by atoms with van der Waals surface area (Å²) in [6.45, 7) is 3.80. The number of carbonyl (C=O) groups is 1. The van der Waals surface area contributed by atoms with Crippen molar-refractivity contribution in [1.29, 1.82) is 0 Å². The number of aromatic nitrogens is 1. The van der Waals surface area contributed by atoms with Gasteiger partial charge in [-0.25, -0.2) is 9.78 Å². The molecule has 0 aliphatic carbocycles. The second kappa shape index (κ2) is 5.52. The Labute approximate surface area is 112 Å². The van der Waals surface area contributed by atoms with Crippen LogP contribution >= 0.6 is 0 Å². The molecule has 0 fully saturated rings. The van der Waals surface area contributed by atoms with Gasteiger partial charge < -0.3 is 10.4 Å². The van der Waals surface area contributed by atoms with Gasteiger partial charge in [-0.3, -0.25) is 0 Å². The molecule has 0 saturated heterocycles. The van der Waals surface area contributed by atoms with Crippen molar-refractivity contribution in [3.05, 3.63) is 59.3 Å². The lowest BCUT2D eigenvalue weighted by molar-refractivity contribution is 0.0696. The summed E-state index contributed by atoms with van der Waals surface area (Å²) in [7, 11) is 0. The smallest absolute Gasteiger partial charge is 0.335 e. The Morgan fingerprint density at radius 2 is 1.95 bits per heavy atom. The molecule has 1 heterocycles. The fourth-order valence-corrected chi connectivity index (χ4v) is 1.91. The third kappa shape index (κ3) is 3.31. The number of pyridine rings is 1. The summed E-state index contributed by atoms with van der Waals surface area (Å²) < 4.78 is 0. The molecule has 0 spiro atoms. The number of anilines is 1. The number of aryl methyl sites for hydroxylation is 1. The van der Waals surface area contributed by atoms with E-state index in [1.165, 1.54) is 0 Å². The molecular weight excluding hydrogens is 240 g/mol. The lowest BCUT2D eigenvalue weighted by Crippen LogP contribution is -2.09. The van der Waals surface area contributed by atoms with Gasteiger partial charge in [0.1, 0.15) is 5.82 Å². The Bertz CT molecular complexity index is 582. The van der Waals surface area contributed by atoms with Gasteiger partial charge in [0.15, 0.2) is 0 Å². The average Bonchev–Trinajstić information content (AvgIpc) is 2.39. The van der Waals surface area contributed by atoms with Gasteiger partial charge in [-0.2, -0.15) is 0 Å². The van der Waals surface area contributed by atoms with Gasteiger partial charge in [0.2, 0.25) is 0 Å². The lowest BCUT2D eigenvalue weighted by atomic mass is 10.1. The molecule has 0 aliphatic heterocycles. The van der Waals surface area contributed by atoms with Gasteiger partial charge in [0, 0.05) is 11.7 Å². The SMILES string of the molecule is Cc1cc(C(=O)O)cc(NC(C)c2ccccc2)n1. The van der Waals surface area contributed by atoms with Crippen molar-refractivity contribution < 1.29 is 9.90 Å². The summed E-state index contributed by atoms with van der Waals surface area (Å²) in [6.07, 6.45) is 0. The summed E-state index contributed by atoms with van der Waals surface area (Å²) in [6, 6.07) is 13.1. The Morgan fingerprint density at radius 1 is 1.26 bits per heavy atom. The van der Waals surface area contributed by atoms with E-state index < -0.39 is 5.97 Å².